The van der Waals surface area contributed by atoms with Crippen molar-refractivity contribution in [1.82, 2.24) is 14.6 Å². The van der Waals surface area contributed by atoms with Gasteiger partial charge in [0.05, 0.1) is 29.3 Å². The fourth-order valence-corrected chi connectivity index (χ4v) is 1.21. The van der Waals surface area contributed by atoms with Crippen molar-refractivity contribution in [3.05, 3.63) is 29.8 Å². The van der Waals surface area contributed by atoms with Gasteiger partial charge in [0.15, 0.2) is 0 Å². The molecule has 0 amide bonds. The van der Waals surface area contributed by atoms with E-state index in [-0.39, 0.29) is 0 Å². The van der Waals surface area contributed by atoms with Gasteiger partial charge in [0.25, 0.3) is 0 Å². The van der Waals surface area contributed by atoms with E-state index < -0.39 is 0 Å². The second kappa shape index (κ2) is 2.59. The quantitative estimate of drug-likeness (QED) is 0.636. The molecule has 0 aliphatic heterocycles. The number of fused-ring (bicyclic) bond motifs is 1. The maximum atomic E-state index is 4.37. The highest BCUT2D eigenvalue weighted by atomic mass is 15.2. The van der Waals surface area contributed by atoms with Crippen LogP contribution in [0, 0.1) is 6.92 Å². The number of hydrogen-bond donors (Lipinski definition) is 0. The lowest BCUT2D eigenvalue weighted by atomic mass is 10.3. The van der Waals surface area contributed by atoms with Crippen LogP contribution in [0.15, 0.2) is 18.5 Å². The molecule has 12 heavy (non-hydrogen) atoms. The summed E-state index contributed by atoms with van der Waals surface area (Å²) in [6.45, 7) is 4.06. The van der Waals surface area contributed by atoms with Gasteiger partial charge in [-0.1, -0.05) is 6.92 Å². The highest BCUT2D eigenvalue weighted by Crippen LogP contribution is 2.05. The fourth-order valence-electron chi connectivity index (χ4n) is 1.21. The van der Waals surface area contributed by atoms with E-state index in [1.54, 1.807) is 0 Å². The molecule has 62 valence electrons. The second-order valence-corrected chi connectivity index (χ2v) is 2.89. The average molecular weight is 161 g/mol. The van der Waals surface area contributed by atoms with Gasteiger partial charge in [-0.25, -0.2) is 4.52 Å². The molecular weight excluding hydrogens is 150 g/mol. The zero-order valence-electron chi connectivity index (χ0n) is 7.28. The molecule has 2 heterocycles. The molecule has 0 saturated heterocycles. The van der Waals surface area contributed by atoms with E-state index in [1.807, 2.05) is 23.8 Å². The van der Waals surface area contributed by atoms with Crippen LogP contribution in [0.1, 0.15) is 18.3 Å². The summed E-state index contributed by atoms with van der Waals surface area (Å²) in [5.74, 6) is 0. The fraction of sp³-hybridized carbons (Fsp3) is 0.333. The molecule has 0 aliphatic rings. The first-order valence-corrected chi connectivity index (χ1v) is 4.10. The van der Waals surface area contributed by atoms with Crippen molar-refractivity contribution >= 4 is 5.52 Å². The second-order valence-electron chi connectivity index (χ2n) is 2.89. The van der Waals surface area contributed by atoms with Gasteiger partial charge in [-0.3, -0.25) is 4.98 Å². The summed E-state index contributed by atoms with van der Waals surface area (Å²) < 4.78 is 1.88. The molecule has 3 nitrogen and oxygen atoms in total. The lowest BCUT2D eigenvalue weighted by molar-refractivity contribution is 0.880. The van der Waals surface area contributed by atoms with Gasteiger partial charge in [-0.15, -0.1) is 0 Å². The van der Waals surface area contributed by atoms with E-state index in [4.69, 9.17) is 0 Å². The smallest absolute Gasteiger partial charge is 0.0847 e. The molecule has 0 aromatic carbocycles. The van der Waals surface area contributed by atoms with E-state index in [2.05, 4.69) is 23.1 Å². The van der Waals surface area contributed by atoms with E-state index in [0.717, 1.165) is 23.3 Å². The Balaban J connectivity index is 2.67. The zero-order chi connectivity index (χ0) is 8.55. The van der Waals surface area contributed by atoms with Crippen molar-refractivity contribution in [2.45, 2.75) is 20.3 Å². The van der Waals surface area contributed by atoms with Crippen molar-refractivity contribution in [2.75, 3.05) is 0 Å². The summed E-state index contributed by atoms with van der Waals surface area (Å²) >= 11 is 0. The van der Waals surface area contributed by atoms with Crippen molar-refractivity contribution in [1.29, 1.82) is 0 Å². The molecule has 2 rings (SSSR count). The summed E-state index contributed by atoms with van der Waals surface area (Å²) in [4.78, 5) is 4.19. The number of rotatable bonds is 1. The Morgan fingerprint density at radius 3 is 3.08 bits per heavy atom. The first kappa shape index (κ1) is 7.28. The molecule has 0 saturated carbocycles. The Bertz CT molecular complexity index is 403. The maximum Gasteiger partial charge on any atom is 0.0847 e. The standard InChI is InChI=1S/C9H11N3/c1-3-8-4-9-5-10-7(2)6-12(9)11-8/h4-6H,3H2,1-2H3. The Kier molecular flexibility index (Phi) is 1.57. The molecule has 3 heteroatoms. The van der Waals surface area contributed by atoms with Crippen LogP contribution < -0.4 is 0 Å². The number of aryl methyl sites for hydroxylation is 2. The maximum absolute atomic E-state index is 4.37. The van der Waals surface area contributed by atoms with E-state index >= 15 is 0 Å². The zero-order valence-corrected chi connectivity index (χ0v) is 7.28. The van der Waals surface area contributed by atoms with Gasteiger partial charge in [0, 0.05) is 0 Å². The van der Waals surface area contributed by atoms with Gasteiger partial charge in [-0.2, -0.15) is 5.10 Å². The minimum atomic E-state index is 0.973. The highest BCUT2D eigenvalue weighted by Gasteiger charge is 1.98. The molecule has 0 spiro atoms. The Morgan fingerprint density at radius 2 is 2.33 bits per heavy atom. The Labute approximate surface area is 71.1 Å². The minimum Gasteiger partial charge on any atom is -0.258 e. The summed E-state index contributed by atoms with van der Waals surface area (Å²) in [6.07, 6.45) is 4.76. The Hall–Kier alpha value is -1.38. The predicted octanol–water partition coefficient (Wildman–Crippen LogP) is 1.60. The van der Waals surface area contributed by atoms with E-state index in [9.17, 15) is 0 Å². The van der Waals surface area contributed by atoms with Crippen molar-refractivity contribution < 1.29 is 0 Å². The van der Waals surface area contributed by atoms with Gasteiger partial charge in [0.2, 0.25) is 0 Å². The van der Waals surface area contributed by atoms with Crippen LogP contribution in [0.3, 0.4) is 0 Å². The van der Waals surface area contributed by atoms with Crippen LogP contribution in [-0.4, -0.2) is 14.6 Å². The van der Waals surface area contributed by atoms with Crippen molar-refractivity contribution in [2.24, 2.45) is 0 Å². The summed E-state index contributed by atoms with van der Waals surface area (Å²) in [5, 5.41) is 4.37. The minimum absolute atomic E-state index is 0.973. The SMILES string of the molecule is CCc1cc2cnc(C)cn2n1. The van der Waals surface area contributed by atoms with Crippen LogP contribution in [0.2, 0.25) is 0 Å². The number of aromatic nitrogens is 3. The van der Waals surface area contributed by atoms with Gasteiger partial charge in [0.1, 0.15) is 0 Å². The normalized spacial score (nSPS) is 10.8. The number of hydrogen-bond acceptors (Lipinski definition) is 2. The molecule has 0 atom stereocenters. The van der Waals surface area contributed by atoms with E-state index in [1.165, 1.54) is 0 Å². The third-order valence-corrected chi connectivity index (χ3v) is 1.89. The molecule has 0 N–H and O–H groups in total. The first-order chi connectivity index (χ1) is 5.79. The van der Waals surface area contributed by atoms with E-state index in [0.29, 0.717) is 0 Å². The van der Waals surface area contributed by atoms with Crippen LogP contribution in [0.25, 0.3) is 5.52 Å². The molecule has 0 unspecified atom stereocenters. The highest BCUT2D eigenvalue weighted by molar-refractivity contribution is 5.45. The summed E-state index contributed by atoms with van der Waals surface area (Å²) in [6, 6.07) is 2.06. The average Bonchev–Trinajstić information content (AvgIpc) is 2.46. The molecular formula is C9H11N3. The van der Waals surface area contributed by atoms with Crippen LogP contribution in [0.4, 0.5) is 0 Å². The van der Waals surface area contributed by atoms with Crippen molar-refractivity contribution in [3.63, 3.8) is 0 Å². The first-order valence-electron chi connectivity index (χ1n) is 4.10. The van der Waals surface area contributed by atoms with Gasteiger partial charge in [-0.05, 0) is 19.4 Å². The molecule has 0 radical (unpaired) electrons. The van der Waals surface area contributed by atoms with Crippen LogP contribution in [-0.2, 0) is 6.42 Å². The third kappa shape index (κ3) is 1.07. The monoisotopic (exact) mass is 161 g/mol. The van der Waals surface area contributed by atoms with Gasteiger partial charge < -0.3 is 0 Å². The molecule has 2 aromatic rings. The van der Waals surface area contributed by atoms with Crippen molar-refractivity contribution in [3.8, 4) is 0 Å². The topological polar surface area (TPSA) is 30.2 Å². The molecule has 2 aromatic heterocycles. The van der Waals surface area contributed by atoms with Crippen LogP contribution >= 0.6 is 0 Å². The summed E-state index contributed by atoms with van der Waals surface area (Å²) in [7, 11) is 0. The van der Waals surface area contributed by atoms with Gasteiger partial charge >= 0.3 is 0 Å². The lowest BCUT2D eigenvalue weighted by Crippen LogP contribution is -1.90. The van der Waals surface area contributed by atoms with Crippen LogP contribution in [0.5, 0.6) is 0 Å². The molecule has 0 fully saturated rings. The third-order valence-electron chi connectivity index (χ3n) is 1.89. The lowest BCUT2D eigenvalue weighted by Gasteiger charge is -1.92. The summed E-state index contributed by atoms with van der Waals surface area (Å²) in [5.41, 5.74) is 3.17. The molecule has 0 bridgehead atoms. The predicted molar refractivity (Wildman–Crippen MR) is 47.1 cm³/mol. The molecule has 0 aliphatic carbocycles. The Morgan fingerprint density at radius 1 is 1.50 bits per heavy atom. The number of nitrogens with zero attached hydrogens (tertiary/aromatic N) is 3. The largest absolute Gasteiger partial charge is 0.258 e.